The Balaban J connectivity index is 1.86. The summed E-state index contributed by atoms with van der Waals surface area (Å²) in [5.41, 5.74) is 4.29. The molecule has 24 heavy (non-hydrogen) atoms. The molecule has 5 heteroatoms. The summed E-state index contributed by atoms with van der Waals surface area (Å²) in [7, 11) is 4.31. The zero-order valence-electron chi connectivity index (χ0n) is 14.9. The van der Waals surface area contributed by atoms with E-state index < -0.39 is 0 Å². The summed E-state index contributed by atoms with van der Waals surface area (Å²) in [6, 6.07) is 8.54. The van der Waals surface area contributed by atoms with Gasteiger partial charge in [0.25, 0.3) is 0 Å². The van der Waals surface area contributed by atoms with Crippen molar-refractivity contribution in [1.82, 2.24) is 15.1 Å². The van der Waals surface area contributed by atoms with Crippen LogP contribution >= 0.6 is 11.6 Å². The fraction of sp³-hybridized carbons (Fsp3) is 0.474. The van der Waals surface area contributed by atoms with Crippen molar-refractivity contribution in [2.75, 3.05) is 32.1 Å². The maximum Gasteiger partial charge on any atom is 0.151 e. The number of piperidine rings is 1. The summed E-state index contributed by atoms with van der Waals surface area (Å²) in [6.45, 7) is 6.42. The maximum atomic E-state index is 6.06. The van der Waals surface area contributed by atoms with Gasteiger partial charge >= 0.3 is 0 Å². The van der Waals surface area contributed by atoms with Crippen molar-refractivity contribution in [2.24, 2.45) is 0 Å². The van der Waals surface area contributed by atoms with Gasteiger partial charge in [-0.1, -0.05) is 17.7 Å². The molecule has 1 aliphatic heterocycles. The smallest absolute Gasteiger partial charge is 0.151 e. The first kappa shape index (κ1) is 17.2. The highest BCUT2D eigenvalue weighted by molar-refractivity contribution is 6.30. The molecule has 0 amide bonds. The van der Waals surface area contributed by atoms with E-state index >= 15 is 0 Å². The SMILES string of the molecule is Cc1cc(Cl)ccc1-c1nnc(N(C)[C@@H]2CCCN(C)C2)cc1C. The largest absolute Gasteiger partial charge is 0.354 e. The van der Waals surface area contributed by atoms with E-state index in [1.807, 2.05) is 18.2 Å². The summed E-state index contributed by atoms with van der Waals surface area (Å²) in [5.74, 6) is 0.947. The van der Waals surface area contributed by atoms with E-state index in [1.54, 1.807) is 0 Å². The van der Waals surface area contributed by atoms with Gasteiger partial charge in [-0.05, 0) is 69.6 Å². The molecule has 1 aromatic carbocycles. The first-order valence-electron chi connectivity index (χ1n) is 8.48. The predicted octanol–water partition coefficient (Wildman–Crippen LogP) is 3.94. The molecule has 2 aromatic rings. The molecule has 2 heterocycles. The number of nitrogens with zero attached hydrogens (tertiary/aromatic N) is 4. The van der Waals surface area contributed by atoms with Crippen molar-refractivity contribution in [3.8, 4) is 11.3 Å². The molecule has 1 fully saturated rings. The second-order valence-electron chi connectivity index (χ2n) is 6.86. The molecule has 0 saturated carbocycles. The number of benzene rings is 1. The molecular weight excluding hydrogens is 320 g/mol. The molecule has 0 bridgehead atoms. The van der Waals surface area contributed by atoms with Gasteiger partial charge in [-0.25, -0.2) is 0 Å². The Morgan fingerprint density at radius 1 is 1.17 bits per heavy atom. The third kappa shape index (κ3) is 3.55. The first-order chi connectivity index (χ1) is 11.5. The number of hydrogen-bond donors (Lipinski definition) is 0. The highest BCUT2D eigenvalue weighted by Crippen LogP contribution is 2.28. The number of rotatable bonds is 3. The van der Waals surface area contributed by atoms with Gasteiger partial charge in [0.1, 0.15) is 0 Å². The second kappa shape index (κ2) is 7.08. The molecule has 0 aliphatic carbocycles. The normalized spacial score (nSPS) is 18.6. The van der Waals surface area contributed by atoms with Crippen LogP contribution in [0.2, 0.25) is 5.02 Å². The molecule has 1 aromatic heterocycles. The monoisotopic (exact) mass is 344 g/mol. The second-order valence-corrected chi connectivity index (χ2v) is 7.30. The van der Waals surface area contributed by atoms with Crippen LogP contribution in [0.1, 0.15) is 24.0 Å². The van der Waals surface area contributed by atoms with Crippen LogP contribution in [0.25, 0.3) is 11.3 Å². The number of likely N-dealkylation sites (tertiary alicyclic amines) is 1. The fourth-order valence-corrected chi connectivity index (χ4v) is 3.67. The number of aromatic nitrogens is 2. The summed E-state index contributed by atoms with van der Waals surface area (Å²) in [4.78, 5) is 4.66. The van der Waals surface area contributed by atoms with E-state index in [1.165, 1.54) is 19.4 Å². The van der Waals surface area contributed by atoms with Gasteiger partial charge in [-0.3, -0.25) is 0 Å². The van der Waals surface area contributed by atoms with Crippen molar-refractivity contribution in [3.05, 3.63) is 40.4 Å². The summed E-state index contributed by atoms with van der Waals surface area (Å²) in [6.07, 6.45) is 2.44. The zero-order valence-corrected chi connectivity index (χ0v) is 15.6. The van der Waals surface area contributed by atoms with Crippen molar-refractivity contribution in [3.63, 3.8) is 0 Å². The topological polar surface area (TPSA) is 32.3 Å². The van der Waals surface area contributed by atoms with Gasteiger partial charge in [0, 0.05) is 30.2 Å². The van der Waals surface area contributed by atoms with Crippen molar-refractivity contribution < 1.29 is 0 Å². The van der Waals surface area contributed by atoms with Crippen LogP contribution in [0.5, 0.6) is 0 Å². The average molecular weight is 345 g/mol. The molecule has 1 saturated heterocycles. The third-order valence-electron chi connectivity index (χ3n) is 4.92. The standard InChI is InChI=1S/C19H25ClN4/c1-13-10-15(20)7-8-17(13)19-14(2)11-18(21-22-19)24(4)16-6-5-9-23(3)12-16/h7-8,10-11,16H,5-6,9,12H2,1-4H3/t16-/m1/s1. The summed E-state index contributed by atoms with van der Waals surface area (Å²) in [5, 5.41) is 9.78. The first-order valence-corrected chi connectivity index (χ1v) is 8.85. The average Bonchev–Trinajstić information content (AvgIpc) is 2.55. The minimum atomic E-state index is 0.501. The molecule has 0 unspecified atom stereocenters. The highest BCUT2D eigenvalue weighted by atomic mass is 35.5. The molecule has 1 aliphatic rings. The van der Waals surface area contributed by atoms with Crippen LogP contribution < -0.4 is 4.90 Å². The summed E-state index contributed by atoms with van der Waals surface area (Å²) < 4.78 is 0. The minimum Gasteiger partial charge on any atom is -0.354 e. The number of hydrogen-bond acceptors (Lipinski definition) is 4. The number of anilines is 1. The Labute approximate surface area is 149 Å². The number of aryl methyl sites for hydroxylation is 2. The fourth-order valence-electron chi connectivity index (χ4n) is 3.44. The van der Waals surface area contributed by atoms with Crippen LogP contribution in [0, 0.1) is 13.8 Å². The lowest BCUT2D eigenvalue weighted by Crippen LogP contribution is -2.45. The zero-order chi connectivity index (χ0) is 17.3. The Bertz CT molecular complexity index is 731. The van der Waals surface area contributed by atoms with Gasteiger partial charge in [-0.2, -0.15) is 0 Å². The Kier molecular flexibility index (Phi) is 5.07. The minimum absolute atomic E-state index is 0.501. The van der Waals surface area contributed by atoms with E-state index in [2.05, 4.69) is 54.0 Å². The lowest BCUT2D eigenvalue weighted by molar-refractivity contribution is 0.247. The van der Waals surface area contributed by atoms with E-state index in [-0.39, 0.29) is 0 Å². The molecule has 1 atom stereocenters. The van der Waals surface area contributed by atoms with E-state index in [0.29, 0.717) is 6.04 Å². The molecule has 128 valence electrons. The van der Waals surface area contributed by atoms with Gasteiger partial charge in [0.2, 0.25) is 0 Å². The van der Waals surface area contributed by atoms with Gasteiger partial charge in [0.05, 0.1) is 5.69 Å². The van der Waals surface area contributed by atoms with Gasteiger partial charge in [-0.15, -0.1) is 10.2 Å². The van der Waals surface area contributed by atoms with Crippen molar-refractivity contribution in [2.45, 2.75) is 32.7 Å². The third-order valence-corrected chi connectivity index (χ3v) is 5.16. The van der Waals surface area contributed by atoms with Crippen LogP contribution in [0.3, 0.4) is 0 Å². The summed E-state index contributed by atoms with van der Waals surface area (Å²) >= 11 is 6.06. The van der Waals surface area contributed by atoms with Crippen LogP contribution in [0.15, 0.2) is 24.3 Å². The Morgan fingerprint density at radius 3 is 2.62 bits per heavy atom. The molecule has 3 rings (SSSR count). The highest BCUT2D eigenvalue weighted by Gasteiger charge is 2.22. The van der Waals surface area contributed by atoms with E-state index in [9.17, 15) is 0 Å². The van der Waals surface area contributed by atoms with Gasteiger partial charge in [0.15, 0.2) is 5.82 Å². The molecular formula is C19H25ClN4. The molecule has 0 spiro atoms. The van der Waals surface area contributed by atoms with E-state index in [4.69, 9.17) is 11.6 Å². The van der Waals surface area contributed by atoms with E-state index in [0.717, 1.165) is 39.8 Å². The number of halogens is 1. The van der Waals surface area contributed by atoms with Crippen molar-refractivity contribution in [1.29, 1.82) is 0 Å². The lowest BCUT2D eigenvalue weighted by Gasteiger charge is -2.36. The van der Waals surface area contributed by atoms with Crippen LogP contribution in [-0.4, -0.2) is 48.3 Å². The maximum absolute atomic E-state index is 6.06. The predicted molar refractivity (Wildman–Crippen MR) is 101 cm³/mol. The number of likely N-dealkylation sites (N-methyl/N-ethyl adjacent to an activating group) is 2. The quantitative estimate of drug-likeness (QED) is 0.844. The lowest BCUT2D eigenvalue weighted by atomic mass is 10.0. The van der Waals surface area contributed by atoms with Gasteiger partial charge < -0.3 is 9.80 Å². The van der Waals surface area contributed by atoms with Crippen LogP contribution in [0.4, 0.5) is 5.82 Å². The molecule has 4 nitrogen and oxygen atoms in total. The van der Waals surface area contributed by atoms with Crippen molar-refractivity contribution >= 4 is 17.4 Å². The molecule has 0 radical (unpaired) electrons. The Hall–Kier alpha value is -1.65. The molecule has 0 N–H and O–H groups in total. The Morgan fingerprint density at radius 2 is 1.96 bits per heavy atom. The van der Waals surface area contributed by atoms with Crippen LogP contribution in [-0.2, 0) is 0 Å².